The summed E-state index contributed by atoms with van der Waals surface area (Å²) < 4.78 is 5.27. The van der Waals surface area contributed by atoms with E-state index in [0.29, 0.717) is 17.2 Å². The molecule has 15 heavy (non-hydrogen) atoms. The van der Waals surface area contributed by atoms with Crippen LogP contribution in [0.25, 0.3) is 0 Å². The molecule has 1 fully saturated rings. The van der Waals surface area contributed by atoms with Gasteiger partial charge in [0.15, 0.2) is 0 Å². The average molecular weight is 207 g/mol. The monoisotopic (exact) mass is 207 g/mol. The molecule has 1 aliphatic carbocycles. The predicted molar refractivity (Wildman–Crippen MR) is 58.8 cm³/mol. The molecule has 1 aromatic rings. The van der Waals surface area contributed by atoms with Gasteiger partial charge in [-0.1, -0.05) is 13.8 Å². The molecule has 0 atom stereocenters. The van der Waals surface area contributed by atoms with E-state index in [1.165, 1.54) is 0 Å². The van der Waals surface area contributed by atoms with Crippen molar-refractivity contribution in [3.8, 4) is 5.75 Å². The summed E-state index contributed by atoms with van der Waals surface area (Å²) >= 11 is 0. The zero-order chi connectivity index (χ0) is 11.1. The Labute approximate surface area is 89.8 Å². The van der Waals surface area contributed by atoms with Gasteiger partial charge in [0.05, 0.1) is 7.11 Å². The second kappa shape index (κ2) is 3.36. The highest BCUT2D eigenvalue weighted by Crippen LogP contribution is 2.51. The fourth-order valence-corrected chi connectivity index (χ4v) is 2.31. The summed E-state index contributed by atoms with van der Waals surface area (Å²) in [6.07, 6.45) is 2.28. The van der Waals surface area contributed by atoms with E-state index in [2.05, 4.69) is 24.0 Å². The highest BCUT2D eigenvalue weighted by atomic mass is 16.5. The summed E-state index contributed by atoms with van der Waals surface area (Å²) in [6, 6.07) is 1.74. The largest absolute Gasteiger partial charge is 0.495 e. The lowest BCUT2D eigenvalue weighted by Gasteiger charge is -2.42. The fourth-order valence-electron chi connectivity index (χ4n) is 2.31. The molecule has 0 aromatic carbocycles. The Morgan fingerprint density at radius 1 is 1.40 bits per heavy atom. The summed E-state index contributed by atoms with van der Waals surface area (Å²) in [7, 11) is 1.64. The van der Waals surface area contributed by atoms with Gasteiger partial charge in [-0.15, -0.1) is 10.2 Å². The number of ether oxygens (including phenoxy) is 1. The van der Waals surface area contributed by atoms with Gasteiger partial charge in [0.1, 0.15) is 17.3 Å². The van der Waals surface area contributed by atoms with Crippen molar-refractivity contribution in [2.75, 3.05) is 12.8 Å². The van der Waals surface area contributed by atoms with Crippen LogP contribution in [0.15, 0.2) is 6.07 Å². The molecule has 0 radical (unpaired) electrons. The molecular weight excluding hydrogens is 190 g/mol. The van der Waals surface area contributed by atoms with E-state index in [1.54, 1.807) is 13.2 Å². The zero-order valence-corrected chi connectivity index (χ0v) is 9.45. The van der Waals surface area contributed by atoms with Gasteiger partial charge in [-0.3, -0.25) is 0 Å². The fraction of sp³-hybridized carbons (Fsp3) is 0.636. The molecule has 1 aromatic heterocycles. The molecule has 2 rings (SSSR count). The quantitative estimate of drug-likeness (QED) is 0.805. The van der Waals surface area contributed by atoms with E-state index in [1.807, 2.05) is 0 Å². The van der Waals surface area contributed by atoms with E-state index in [4.69, 9.17) is 10.5 Å². The minimum Gasteiger partial charge on any atom is -0.495 e. The van der Waals surface area contributed by atoms with Crippen molar-refractivity contribution >= 4 is 5.82 Å². The van der Waals surface area contributed by atoms with E-state index < -0.39 is 0 Å². The summed E-state index contributed by atoms with van der Waals surface area (Å²) in [5.41, 5.74) is 6.94. The van der Waals surface area contributed by atoms with Gasteiger partial charge in [0, 0.05) is 12.0 Å². The first-order valence-corrected chi connectivity index (χ1v) is 5.19. The molecule has 0 amide bonds. The predicted octanol–water partition coefficient (Wildman–Crippen LogP) is 1.97. The number of anilines is 1. The highest BCUT2D eigenvalue weighted by molar-refractivity contribution is 5.40. The number of nitrogens with two attached hydrogens (primary N) is 1. The molecule has 0 bridgehead atoms. The Hall–Kier alpha value is -1.32. The lowest BCUT2D eigenvalue weighted by atomic mass is 9.63. The summed E-state index contributed by atoms with van der Waals surface area (Å²) in [4.78, 5) is 0. The van der Waals surface area contributed by atoms with Crippen molar-refractivity contribution in [3.63, 3.8) is 0 Å². The van der Waals surface area contributed by atoms with Gasteiger partial charge >= 0.3 is 0 Å². The summed E-state index contributed by atoms with van der Waals surface area (Å²) in [5, 5.41) is 8.02. The number of methoxy groups -OCH3 is 1. The van der Waals surface area contributed by atoms with E-state index in [9.17, 15) is 0 Å². The van der Waals surface area contributed by atoms with Crippen LogP contribution < -0.4 is 10.5 Å². The third-order valence-electron chi connectivity index (χ3n) is 3.01. The smallest absolute Gasteiger partial charge is 0.149 e. The van der Waals surface area contributed by atoms with Crippen LogP contribution in [0.1, 0.15) is 38.3 Å². The Balaban J connectivity index is 2.22. The van der Waals surface area contributed by atoms with Gasteiger partial charge in [0.2, 0.25) is 0 Å². The number of hydrogen-bond acceptors (Lipinski definition) is 4. The molecule has 1 heterocycles. The second-order valence-electron chi connectivity index (χ2n) is 4.99. The van der Waals surface area contributed by atoms with Crippen LogP contribution in [0, 0.1) is 5.41 Å². The lowest BCUT2D eigenvalue weighted by Crippen LogP contribution is -2.30. The van der Waals surface area contributed by atoms with Crippen LogP contribution in [0.5, 0.6) is 5.75 Å². The maximum Gasteiger partial charge on any atom is 0.149 e. The third-order valence-corrected chi connectivity index (χ3v) is 3.01. The molecule has 0 spiro atoms. The van der Waals surface area contributed by atoms with Crippen LogP contribution in [0.4, 0.5) is 5.82 Å². The van der Waals surface area contributed by atoms with Crippen molar-refractivity contribution < 1.29 is 4.74 Å². The molecule has 0 saturated heterocycles. The maximum absolute atomic E-state index is 5.56. The number of hydrogen-bond donors (Lipinski definition) is 1. The minimum atomic E-state index is 0.411. The molecule has 1 aliphatic rings. The van der Waals surface area contributed by atoms with Crippen LogP contribution >= 0.6 is 0 Å². The number of rotatable bonds is 2. The van der Waals surface area contributed by atoms with E-state index >= 15 is 0 Å². The Bertz CT molecular complexity index is 368. The van der Waals surface area contributed by atoms with Crippen LogP contribution in [0.2, 0.25) is 0 Å². The molecule has 4 nitrogen and oxygen atoms in total. The highest BCUT2D eigenvalue weighted by Gasteiger charge is 2.39. The first-order valence-electron chi connectivity index (χ1n) is 5.19. The van der Waals surface area contributed by atoms with Crippen molar-refractivity contribution in [3.05, 3.63) is 11.8 Å². The normalized spacial score (nSPS) is 19.7. The molecule has 2 N–H and O–H groups in total. The molecule has 1 saturated carbocycles. The first kappa shape index (κ1) is 10.2. The zero-order valence-electron chi connectivity index (χ0n) is 9.45. The van der Waals surface area contributed by atoms with Gasteiger partial charge in [-0.25, -0.2) is 0 Å². The summed E-state index contributed by atoms with van der Waals surface area (Å²) in [5.74, 6) is 1.65. The minimum absolute atomic E-state index is 0.411. The topological polar surface area (TPSA) is 61.0 Å². The molecular formula is C11H17N3O. The molecule has 0 unspecified atom stereocenters. The van der Waals surface area contributed by atoms with Gasteiger partial charge < -0.3 is 10.5 Å². The summed E-state index contributed by atoms with van der Waals surface area (Å²) in [6.45, 7) is 4.53. The average Bonchev–Trinajstić information content (AvgIpc) is 2.14. The van der Waals surface area contributed by atoms with Crippen LogP contribution in [-0.4, -0.2) is 17.3 Å². The third kappa shape index (κ3) is 1.89. The van der Waals surface area contributed by atoms with Gasteiger partial charge in [0.25, 0.3) is 0 Å². The van der Waals surface area contributed by atoms with E-state index in [-0.39, 0.29) is 0 Å². The van der Waals surface area contributed by atoms with Crippen molar-refractivity contribution in [2.45, 2.75) is 32.6 Å². The van der Waals surface area contributed by atoms with E-state index in [0.717, 1.165) is 24.3 Å². The number of nitrogen functional groups attached to an aromatic ring is 1. The molecule has 82 valence electrons. The standard InChI is InChI=1S/C11H17N3O/c1-11(2)5-7(6-11)10-8(15-3)4-9(12)13-14-10/h4,7H,5-6H2,1-3H3,(H2,12,13). The van der Waals surface area contributed by atoms with Crippen LogP contribution in [0.3, 0.4) is 0 Å². The maximum atomic E-state index is 5.56. The lowest BCUT2D eigenvalue weighted by molar-refractivity contribution is 0.145. The Kier molecular flexibility index (Phi) is 2.29. The Morgan fingerprint density at radius 2 is 2.07 bits per heavy atom. The number of nitrogens with zero attached hydrogens (tertiary/aromatic N) is 2. The number of aromatic nitrogens is 2. The molecule has 0 aliphatic heterocycles. The second-order valence-corrected chi connectivity index (χ2v) is 4.99. The Morgan fingerprint density at radius 3 is 2.60 bits per heavy atom. The van der Waals surface area contributed by atoms with Gasteiger partial charge in [-0.2, -0.15) is 0 Å². The first-order chi connectivity index (χ1) is 7.02. The van der Waals surface area contributed by atoms with Crippen molar-refractivity contribution in [1.82, 2.24) is 10.2 Å². The van der Waals surface area contributed by atoms with Crippen LogP contribution in [-0.2, 0) is 0 Å². The van der Waals surface area contributed by atoms with Crippen molar-refractivity contribution in [2.24, 2.45) is 5.41 Å². The molecule has 4 heteroatoms. The van der Waals surface area contributed by atoms with Gasteiger partial charge in [-0.05, 0) is 18.3 Å². The van der Waals surface area contributed by atoms with Crippen molar-refractivity contribution in [1.29, 1.82) is 0 Å². The SMILES string of the molecule is COc1cc(N)nnc1C1CC(C)(C)C1.